The molecule has 0 aliphatic rings. The Hall–Kier alpha value is -2.42. The number of hydrogen-bond donors (Lipinski definition) is 0. The van der Waals surface area contributed by atoms with Gasteiger partial charge in [-0.2, -0.15) is 0 Å². The molecule has 0 atom stereocenters. The first-order chi connectivity index (χ1) is 8.40. The molecule has 0 saturated carbocycles. The molecule has 3 aromatic rings. The highest BCUT2D eigenvalue weighted by atomic mass is 16.1. The fourth-order valence-corrected chi connectivity index (χ4v) is 1.43. The number of aromatic nitrogens is 2. The van der Waals surface area contributed by atoms with Crippen LogP contribution >= 0.6 is 0 Å². The van der Waals surface area contributed by atoms with E-state index in [1.165, 1.54) is 9.95 Å². The van der Waals surface area contributed by atoms with Crippen molar-refractivity contribution in [3.63, 3.8) is 0 Å². The molecule has 0 aliphatic carbocycles. The van der Waals surface area contributed by atoms with Gasteiger partial charge >= 0.3 is 0 Å². The van der Waals surface area contributed by atoms with Gasteiger partial charge in [0, 0.05) is 24.0 Å². The number of carbonyl (C=O) groups excluding carboxylic acids is 1. The average Bonchev–Trinajstić information content (AvgIpc) is 2.93. The minimum absolute atomic E-state index is 0.750. The first-order valence-corrected chi connectivity index (χ1v) is 5.27. The molecule has 0 radical (unpaired) electrons. The standard InChI is InChI=1S/C9H7N.C5H5NO/c1-2-6-9-8(4-1)5-3-7-10-9;7-5-6-3-1-2-4-6/h1-7H;1-5H. The van der Waals surface area contributed by atoms with Crippen LogP contribution in [0.3, 0.4) is 0 Å². The lowest BCUT2D eigenvalue weighted by molar-refractivity contribution is 0.547. The van der Waals surface area contributed by atoms with Crippen LogP contribution in [0.15, 0.2) is 67.1 Å². The Morgan fingerprint density at radius 3 is 2.29 bits per heavy atom. The second-order valence-electron chi connectivity index (χ2n) is 3.43. The highest BCUT2D eigenvalue weighted by molar-refractivity contribution is 5.77. The van der Waals surface area contributed by atoms with E-state index < -0.39 is 0 Å². The first kappa shape index (κ1) is 11.1. The van der Waals surface area contributed by atoms with Crippen molar-refractivity contribution < 1.29 is 4.79 Å². The average molecular weight is 224 g/mol. The molecule has 3 rings (SSSR count). The molecule has 2 heterocycles. The molecule has 2 aromatic heterocycles. The van der Waals surface area contributed by atoms with Gasteiger partial charge in [0.1, 0.15) is 0 Å². The molecule has 0 saturated heterocycles. The van der Waals surface area contributed by atoms with Crippen LogP contribution in [0.4, 0.5) is 0 Å². The van der Waals surface area contributed by atoms with Gasteiger partial charge in [-0.1, -0.05) is 24.3 Å². The smallest absolute Gasteiger partial charge is 0.217 e. The largest absolute Gasteiger partial charge is 0.297 e. The van der Waals surface area contributed by atoms with Crippen molar-refractivity contribution in [3.8, 4) is 0 Å². The summed E-state index contributed by atoms with van der Waals surface area (Å²) < 4.78 is 1.44. The van der Waals surface area contributed by atoms with Gasteiger partial charge in [-0.05, 0) is 24.3 Å². The second-order valence-corrected chi connectivity index (χ2v) is 3.43. The number of nitrogens with zero attached hydrogens (tertiary/aromatic N) is 2. The molecule has 0 spiro atoms. The van der Waals surface area contributed by atoms with E-state index in [-0.39, 0.29) is 0 Å². The summed E-state index contributed by atoms with van der Waals surface area (Å²) in [4.78, 5) is 14.0. The number of benzene rings is 1. The summed E-state index contributed by atoms with van der Waals surface area (Å²) in [6.07, 6.45) is 5.93. The Balaban J connectivity index is 0.000000136. The predicted molar refractivity (Wildman–Crippen MR) is 68.3 cm³/mol. The highest BCUT2D eigenvalue weighted by Gasteiger charge is 1.86. The summed E-state index contributed by atoms with van der Waals surface area (Å²) in [6.45, 7) is 0. The molecular weight excluding hydrogens is 212 g/mol. The van der Waals surface area contributed by atoms with Crippen LogP contribution < -0.4 is 0 Å². The topological polar surface area (TPSA) is 34.9 Å². The van der Waals surface area contributed by atoms with Crippen LogP contribution in [0.25, 0.3) is 10.9 Å². The van der Waals surface area contributed by atoms with Crippen molar-refractivity contribution in [3.05, 3.63) is 67.1 Å². The molecule has 0 amide bonds. The van der Waals surface area contributed by atoms with Crippen LogP contribution in [0.2, 0.25) is 0 Å². The summed E-state index contributed by atoms with van der Waals surface area (Å²) in [6, 6.07) is 15.7. The van der Waals surface area contributed by atoms with Crippen molar-refractivity contribution in [2.24, 2.45) is 0 Å². The monoisotopic (exact) mass is 224 g/mol. The third kappa shape index (κ3) is 3.01. The maximum Gasteiger partial charge on any atom is 0.217 e. The minimum Gasteiger partial charge on any atom is -0.297 e. The van der Waals surface area contributed by atoms with Crippen molar-refractivity contribution >= 4 is 17.3 Å². The summed E-state index contributed by atoms with van der Waals surface area (Å²) in [5.74, 6) is 0. The van der Waals surface area contributed by atoms with E-state index in [0.717, 1.165) is 11.9 Å². The fourth-order valence-electron chi connectivity index (χ4n) is 1.43. The van der Waals surface area contributed by atoms with Gasteiger partial charge in [-0.15, -0.1) is 0 Å². The van der Waals surface area contributed by atoms with Gasteiger partial charge in [0.2, 0.25) is 6.41 Å². The van der Waals surface area contributed by atoms with E-state index in [9.17, 15) is 4.79 Å². The van der Waals surface area contributed by atoms with E-state index >= 15 is 0 Å². The molecule has 0 aliphatic heterocycles. The Kier molecular flexibility index (Phi) is 3.65. The number of hydrogen-bond acceptors (Lipinski definition) is 2. The van der Waals surface area contributed by atoms with Crippen LogP contribution in [-0.4, -0.2) is 16.0 Å². The Morgan fingerprint density at radius 2 is 1.65 bits per heavy atom. The van der Waals surface area contributed by atoms with E-state index in [4.69, 9.17) is 0 Å². The zero-order valence-corrected chi connectivity index (χ0v) is 9.23. The molecule has 0 bridgehead atoms. The van der Waals surface area contributed by atoms with Gasteiger partial charge < -0.3 is 0 Å². The first-order valence-electron chi connectivity index (χ1n) is 5.27. The van der Waals surface area contributed by atoms with E-state index in [0.29, 0.717) is 0 Å². The Labute approximate surface area is 99.3 Å². The molecule has 0 unspecified atom stereocenters. The van der Waals surface area contributed by atoms with Crippen LogP contribution in [0.5, 0.6) is 0 Å². The van der Waals surface area contributed by atoms with Gasteiger partial charge in [0.25, 0.3) is 0 Å². The molecule has 17 heavy (non-hydrogen) atoms. The molecule has 84 valence electrons. The molecule has 0 N–H and O–H groups in total. The van der Waals surface area contributed by atoms with Crippen molar-refractivity contribution in [2.45, 2.75) is 0 Å². The van der Waals surface area contributed by atoms with Crippen molar-refractivity contribution in [1.29, 1.82) is 0 Å². The van der Waals surface area contributed by atoms with Gasteiger partial charge in [-0.25, -0.2) is 0 Å². The van der Waals surface area contributed by atoms with E-state index in [2.05, 4.69) is 17.1 Å². The van der Waals surface area contributed by atoms with Crippen molar-refractivity contribution in [1.82, 2.24) is 9.55 Å². The lowest BCUT2D eigenvalue weighted by Crippen LogP contribution is -1.85. The van der Waals surface area contributed by atoms with E-state index in [1.807, 2.05) is 30.5 Å². The summed E-state index contributed by atoms with van der Waals surface area (Å²) in [5.41, 5.74) is 1.06. The lowest BCUT2D eigenvalue weighted by atomic mass is 10.2. The van der Waals surface area contributed by atoms with Crippen LogP contribution in [0.1, 0.15) is 0 Å². The molecule has 0 fully saturated rings. The summed E-state index contributed by atoms with van der Waals surface area (Å²) in [5, 5.41) is 1.20. The van der Waals surface area contributed by atoms with Crippen LogP contribution in [0, 0.1) is 0 Å². The number of pyridine rings is 1. The quantitative estimate of drug-likeness (QED) is 0.596. The van der Waals surface area contributed by atoms with Gasteiger partial charge in [-0.3, -0.25) is 14.3 Å². The van der Waals surface area contributed by atoms with Gasteiger partial charge in [0.05, 0.1) is 5.52 Å². The summed E-state index contributed by atoms with van der Waals surface area (Å²) >= 11 is 0. The Morgan fingerprint density at radius 1 is 0.941 bits per heavy atom. The Bertz CT molecular complexity index is 522. The predicted octanol–water partition coefficient (Wildman–Crippen LogP) is 2.76. The third-order valence-electron chi connectivity index (χ3n) is 2.26. The molecule has 1 aromatic carbocycles. The molecular formula is C14H12N2O. The minimum atomic E-state index is 0.750. The zero-order valence-electron chi connectivity index (χ0n) is 9.23. The van der Waals surface area contributed by atoms with Crippen LogP contribution in [-0.2, 0) is 4.79 Å². The molecule has 3 heteroatoms. The highest BCUT2D eigenvalue weighted by Crippen LogP contribution is 2.07. The van der Waals surface area contributed by atoms with Crippen molar-refractivity contribution in [2.75, 3.05) is 0 Å². The second kappa shape index (κ2) is 5.61. The zero-order chi connectivity index (χ0) is 11.9. The van der Waals surface area contributed by atoms with Gasteiger partial charge in [0.15, 0.2) is 0 Å². The third-order valence-corrected chi connectivity index (χ3v) is 2.26. The van der Waals surface area contributed by atoms with E-state index in [1.54, 1.807) is 24.5 Å². The number of para-hydroxylation sites is 1. The summed E-state index contributed by atoms with van der Waals surface area (Å²) in [7, 11) is 0. The molecule has 3 nitrogen and oxygen atoms in total. The number of fused-ring (bicyclic) bond motifs is 1. The maximum absolute atomic E-state index is 9.83. The normalized spacial score (nSPS) is 9.41. The fraction of sp³-hybridized carbons (Fsp3) is 0. The number of carbonyl (C=O) groups is 1. The number of rotatable bonds is 1. The lowest BCUT2D eigenvalue weighted by Gasteiger charge is -1.91. The SMILES string of the molecule is O=Cn1cccc1.c1ccc2ncccc2c1. The maximum atomic E-state index is 9.83.